The molecule has 4 amide bonds. The van der Waals surface area contributed by atoms with Crippen LogP contribution in [0.3, 0.4) is 0 Å². The van der Waals surface area contributed by atoms with Crippen LogP contribution in [0.25, 0.3) is 6.08 Å². The number of aromatic carboxylic acids is 1. The van der Waals surface area contributed by atoms with Gasteiger partial charge in [0.25, 0.3) is 11.8 Å². The van der Waals surface area contributed by atoms with Gasteiger partial charge in [0.1, 0.15) is 17.9 Å². The molecule has 10 nitrogen and oxygen atoms in total. The predicted octanol–water partition coefficient (Wildman–Crippen LogP) is 4.94. The molecule has 0 saturated carbocycles. The normalized spacial score (nSPS) is 14.3. The fourth-order valence-corrected chi connectivity index (χ4v) is 5.07. The second-order valence-corrected chi connectivity index (χ2v) is 9.81. The van der Waals surface area contributed by atoms with Crippen molar-refractivity contribution in [2.75, 3.05) is 12.0 Å². The molecule has 39 heavy (non-hydrogen) atoms. The van der Waals surface area contributed by atoms with Crippen LogP contribution in [0.5, 0.6) is 5.75 Å². The molecule has 198 valence electrons. The van der Waals surface area contributed by atoms with Gasteiger partial charge < -0.3 is 14.6 Å². The smallest absolute Gasteiger partial charge is 0.337 e. The third kappa shape index (κ3) is 6.07. The summed E-state index contributed by atoms with van der Waals surface area (Å²) >= 11 is 6.86. The zero-order chi connectivity index (χ0) is 28.3. The average molecular weight is 658 g/mol. The van der Waals surface area contributed by atoms with Crippen LogP contribution in [0.1, 0.15) is 31.8 Å². The topological polar surface area (TPSA) is 139 Å². The van der Waals surface area contributed by atoms with Gasteiger partial charge >= 0.3 is 18.0 Å². The number of nitrogens with zero attached hydrogens (tertiary/aromatic N) is 1. The largest absolute Gasteiger partial charge is 0.487 e. The van der Waals surface area contributed by atoms with Gasteiger partial charge in [0.05, 0.1) is 32.9 Å². The number of urea groups is 1. The standard InChI is InChI=1S/C27H18Br2N2O8/c1-38-26(36)17-6-8-18(9-7-17)31-24(33)19(23(32)30-27(31)37)10-15-11-20(28)22(21(29)12-15)39-13-14-2-4-16(5-3-14)25(34)35/h2-12H,13H2,1H3,(H,34,35)(H,30,32,37)/b19-10+. The van der Waals surface area contributed by atoms with Gasteiger partial charge in [0.2, 0.25) is 0 Å². The number of rotatable bonds is 7. The summed E-state index contributed by atoms with van der Waals surface area (Å²) < 4.78 is 11.6. The van der Waals surface area contributed by atoms with Crippen LogP contribution in [0.4, 0.5) is 10.5 Å². The molecule has 1 saturated heterocycles. The summed E-state index contributed by atoms with van der Waals surface area (Å²) in [6, 6.07) is 14.2. The Labute approximate surface area is 238 Å². The molecule has 0 aliphatic carbocycles. The van der Waals surface area contributed by atoms with Crippen molar-refractivity contribution in [3.8, 4) is 5.75 Å². The first-order valence-corrected chi connectivity index (χ1v) is 12.7. The lowest BCUT2D eigenvalue weighted by molar-refractivity contribution is -0.122. The van der Waals surface area contributed by atoms with E-state index in [1.165, 1.54) is 49.6 Å². The molecule has 3 aromatic carbocycles. The van der Waals surface area contributed by atoms with E-state index in [9.17, 15) is 24.0 Å². The van der Waals surface area contributed by atoms with Crippen LogP contribution in [0, 0.1) is 0 Å². The molecule has 1 aliphatic rings. The SMILES string of the molecule is COC(=O)c1ccc(N2C(=O)NC(=O)/C(=C\c3cc(Br)c(OCc4ccc(C(=O)O)cc4)c(Br)c3)C2=O)cc1. The number of carboxylic acid groups (broad SMARTS) is 1. The number of nitrogens with one attached hydrogen (secondary N) is 1. The Kier molecular flexibility index (Phi) is 8.27. The molecule has 4 rings (SSSR count). The molecule has 1 heterocycles. The highest BCUT2D eigenvalue weighted by molar-refractivity contribution is 9.11. The summed E-state index contributed by atoms with van der Waals surface area (Å²) in [6.45, 7) is 0.157. The average Bonchev–Trinajstić information content (AvgIpc) is 2.90. The Bertz CT molecular complexity index is 1510. The van der Waals surface area contributed by atoms with Gasteiger partial charge in [0.15, 0.2) is 0 Å². The van der Waals surface area contributed by atoms with Crippen LogP contribution in [0.15, 0.2) is 75.2 Å². The summed E-state index contributed by atoms with van der Waals surface area (Å²) in [5, 5.41) is 11.2. The molecule has 0 spiro atoms. The van der Waals surface area contributed by atoms with Crippen molar-refractivity contribution in [3.05, 3.63) is 97.4 Å². The van der Waals surface area contributed by atoms with Gasteiger partial charge in [-0.15, -0.1) is 0 Å². The number of methoxy groups -OCH3 is 1. The Morgan fingerprint density at radius 2 is 1.54 bits per heavy atom. The summed E-state index contributed by atoms with van der Waals surface area (Å²) in [7, 11) is 1.23. The lowest BCUT2D eigenvalue weighted by Gasteiger charge is -2.26. The second kappa shape index (κ2) is 11.6. The van der Waals surface area contributed by atoms with Crippen molar-refractivity contribution in [1.29, 1.82) is 0 Å². The third-order valence-corrected chi connectivity index (χ3v) is 6.74. The molecule has 0 unspecified atom stereocenters. The molecule has 3 aromatic rings. The molecule has 0 radical (unpaired) electrons. The molecular formula is C27H18Br2N2O8. The predicted molar refractivity (Wildman–Crippen MR) is 146 cm³/mol. The molecule has 12 heteroatoms. The number of anilines is 1. The number of amides is 4. The van der Waals surface area contributed by atoms with Crippen molar-refractivity contribution in [2.45, 2.75) is 6.61 Å². The van der Waals surface area contributed by atoms with Crippen molar-refractivity contribution >= 4 is 73.4 Å². The fraction of sp³-hybridized carbons (Fsp3) is 0.0741. The van der Waals surface area contributed by atoms with Gasteiger partial charge in [-0.1, -0.05) is 12.1 Å². The number of esters is 1. The zero-order valence-corrected chi connectivity index (χ0v) is 23.2. The van der Waals surface area contributed by atoms with Gasteiger partial charge in [0, 0.05) is 0 Å². The quantitative estimate of drug-likeness (QED) is 0.207. The van der Waals surface area contributed by atoms with E-state index in [0.717, 1.165) is 10.5 Å². The Morgan fingerprint density at radius 1 is 0.949 bits per heavy atom. The third-order valence-electron chi connectivity index (χ3n) is 5.56. The number of carbonyl (C=O) groups is 5. The second-order valence-electron chi connectivity index (χ2n) is 8.10. The lowest BCUT2D eigenvalue weighted by Crippen LogP contribution is -2.54. The monoisotopic (exact) mass is 656 g/mol. The zero-order valence-electron chi connectivity index (χ0n) is 20.1. The van der Waals surface area contributed by atoms with Crippen molar-refractivity contribution in [3.63, 3.8) is 0 Å². The number of ether oxygens (including phenoxy) is 2. The van der Waals surface area contributed by atoms with Crippen molar-refractivity contribution in [1.82, 2.24) is 5.32 Å². The highest BCUT2D eigenvalue weighted by atomic mass is 79.9. The number of carboxylic acids is 1. The van der Waals surface area contributed by atoms with Crippen LogP contribution in [-0.4, -0.2) is 42.0 Å². The number of hydrogen-bond donors (Lipinski definition) is 2. The molecule has 2 N–H and O–H groups in total. The molecule has 0 aromatic heterocycles. The Morgan fingerprint density at radius 3 is 2.10 bits per heavy atom. The number of hydrogen-bond acceptors (Lipinski definition) is 7. The van der Waals surface area contributed by atoms with Crippen LogP contribution in [-0.2, 0) is 20.9 Å². The van der Waals surface area contributed by atoms with Gasteiger partial charge in [-0.2, -0.15) is 0 Å². The maximum atomic E-state index is 13.2. The molecular weight excluding hydrogens is 640 g/mol. The number of barbiturate groups is 1. The first-order valence-electron chi connectivity index (χ1n) is 11.1. The minimum absolute atomic E-state index is 0.157. The van der Waals surface area contributed by atoms with E-state index >= 15 is 0 Å². The molecule has 1 aliphatic heterocycles. The fourth-order valence-electron chi connectivity index (χ4n) is 3.62. The van der Waals surface area contributed by atoms with Crippen molar-refractivity contribution in [2.24, 2.45) is 0 Å². The first-order chi connectivity index (χ1) is 18.6. The van der Waals surface area contributed by atoms with Crippen LogP contribution < -0.4 is 15.0 Å². The van der Waals surface area contributed by atoms with E-state index in [-0.39, 0.29) is 29.0 Å². The molecule has 0 bridgehead atoms. The van der Waals surface area contributed by atoms with E-state index in [1.807, 2.05) is 0 Å². The molecule has 0 atom stereocenters. The minimum atomic E-state index is -1.02. The summed E-state index contributed by atoms with van der Waals surface area (Å²) in [4.78, 5) is 61.7. The number of imide groups is 2. The Hall–Kier alpha value is -4.29. The maximum Gasteiger partial charge on any atom is 0.337 e. The first kappa shape index (κ1) is 27.7. The highest BCUT2D eigenvalue weighted by Gasteiger charge is 2.37. The lowest BCUT2D eigenvalue weighted by atomic mass is 10.1. The molecule has 1 fully saturated rings. The number of carbonyl (C=O) groups excluding carboxylic acids is 4. The van der Waals surface area contributed by atoms with E-state index < -0.39 is 29.8 Å². The Balaban J connectivity index is 1.56. The van der Waals surface area contributed by atoms with Crippen molar-refractivity contribution < 1.29 is 38.6 Å². The number of halogens is 2. The van der Waals surface area contributed by atoms with Gasteiger partial charge in [-0.25, -0.2) is 19.3 Å². The van der Waals surface area contributed by atoms with Gasteiger partial charge in [-0.3, -0.25) is 14.9 Å². The van der Waals surface area contributed by atoms with E-state index in [1.54, 1.807) is 24.3 Å². The summed E-state index contributed by atoms with van der Waals surface area (Å²) in [5.41, 5.74) is 1.48. The van der Waals surface area contributed by atoms with E-state index in [0.29, 0.717) is 20.3 Å². The summed E-state index contributed by atoms with van der Waals surface area (Å²) in [5.74, 6) is -2.85. The van der Waals surface area contributed by atoms with Crippen LogP contribution in [0.2, 0.25) is 0 Å². The van der Waals surface area contributed by atoms with E-state index in [4.69, 9.17) is 9.84 Å². The maximum absolute atomic E-state index is 13.2. The van der Waals surface area contributed by atoms with Crippen LogP contribution >= 0.6 is 31.9 Å². The van der Waals surface area contributed by atoms with E-state index in [2.05, 4.69) is 41.9 Å². The summed E-state index contributed by atoms with van der Waals surface area (Å²) in [6.07, 6.45) is 1.34. The van der Waals surface area contributed by atoms with Gasteiger partial charge in [-0.05, 0) is 97.6 Å². The minimum Gasteiger partial charge on any atom is -0.487 e. The number of benzene rings is 3. The highest BCUT2D eigenvalue weighted by Crippen LogP contribution is 2.36.